The van der Waals surface area contributed by atoms with Crippen LogP contribution in [0.4, 0.5) is 0 Å². The van der Waals surface area contributed by atoms with Crippen molar-refractivity contribution in [2.45, 2.75) is 32.6 Å². The van der Waals surface area contributed by atoms with Crippen LogP contribution >= 0.6 is 24.0 Å². The summed E-state index contributed by atoms with van der Waals surface area (Å²) in [6.45, 7) is 2.92. The third-order valence-corrected chi connectivity index (χ3v) is 5.60. The summed E-state index contributed by atoms with van der Waals surface area (Å²) in [5.41, 5.74) is 1.07. The van der Waals surface area contributed by atoms with E-state index in [9.17, 15) is 4.79 Å². The van der Waals surface area contributed by atoms with E-state index >= 15 is 0 Å². The van der Waals surface area contributed by atoms with Crippen molar-refractivity contribution in [1.82, 2.24) is 4.90 Å². The summed E-state index contributed by atoms with van der Waals surface area (Å²) < 4.78 is 0.683. The predicted octanol–water partition coefficient (Wildman–Crippen LogP) is 5.62. The second-order valence-corrected chi connectivity index (χ2v) is 7.64. The molecule has 1 heterocycles. The summed E-state index contributed by atoms with van der Waals surface area (Å²) >= 11 is 6.83. The third-order valence-electron chi connectivity index (χ3n) is 4.22. The maximum absolute atomic E-state index is 12.7. The molecule has 1 aliphatic heterocycles. The fourth-order valence-electron chi connectivity index (χ4n) is 2.91. The van der Waals surface area contributed by atoms with Crippen molar-refractivity contribution in [2.75, 3.05) is 6.54 Å². The maximum Gasteiger partial charge on any atom is 0.266 e. The van der Waals surface area contributed by atoms with Crippen molar-refractivity contribution in [1.29, 1.82) is 0 Å². The molecule has 0 aliphatic carbocycles. The Balaban J connectivity index is 1.80. The van der Waals surface area contributed by atoms with E-state index < -0.39 is 0 Å². The number of thiocarbonyl (C=S) groups is 1. The third kappa shape index (κ3) is 3.70. The summed E-state index contributed by atoms with van der Waals surface area (Å²) in [6, 6.07) is 14.4. The fourth-order valence-corrected chi connectivity index (χ4v) is 4.21. The number of thioether (sulfide) groups is 1. The molecule has 0 N–H and O–H groups in total. The number of hydrogen-bond donors (Lipinski definition) is 0. The zero-order valence-electron chi connectivity index (χ0n) is 13.8. The van der Waals surface area contributed by atoms with Crippen LogP contribution in [0.15, 0.2) is 47.4 Å². The van der Waals surface area contributed by atoms with Crippen molar-refractivity contribution in [3.05, 3.63) is 52.9 Å². The fraction of sp³-hybridized carbons (Fsp3) is 0.300. The van der Waals surface area contributed by atoms with Crippen LogP contribution in [-0.4, -0.2) is 21.7 Å². The molecule has 1 fully saturated rings. The lowest BCUT2D eigenvalue weighted by Gasteiger charge is -2.13. The molecule has 0 saturated carbocycles. The van der Waals surface area contributed by atoms with Crippen molar-refractivity contribution in [2.24, 2.45) is 0 Å². The second kappa shape index (κ2) is 7.95. The van der Waals surface area contributed by atoms with E-state index in [0.717, 1.165) is 35.2 Å². The molecule has 24 heavy (non-hydrogen) atoms. The molecule has 0 radical (unpaired) electrons. The molecule has 124 valence electrons. The molecule has 1 saturated heterocycles. The molecule has 2 aromatic rings. The van der Waals surface area contributed by atoms with Crippen molar-refractivity contribution < 1.29 is 4.79 Å². The number of hydrogen-bond acceptors (Lipinski definition) is 3. The van der Waals surface area contributed by atoms with Gasteiger partial charge in [0.25, 0.3) is 5.91 Å². The van der Waals surface area contributed by atoms with Crippen LogP contribution < -0.4 is 0 Å². The smallest absolute Gasteiger partial charge is 0.266 e. The average Bonchev–Trinajstić information content (AvgIpc) is 2.86. The summed E-state index contributed by atoms with van der Waals surface area (Å²) in [7, 11) is 0. The number of carbonyl (C=O) groups excluding carboxylic acids is 1. The van der Waals surface area contributed by atoms with Gasteiger partial charge in [0.1, 0.15) is 4.32 Å². The van der Waals surface area contributed by atoms with Crippen molar-refractivity contribution >= 4 is 51.1 Å². The summed E-state index contributed by atoms with van der Waals surface area (Å²) in [4.78, 5) is 15.2. The number of nitrogens with zero attached hydrogens (tertiary/aromatic N) is 1. The average molecular weight is 356 g/mol. The van der Waals surface area contributed by atoms with E-state index in [2.05, 4.69) is 31.2 Å². The lowest BCUT2D eigenvalue weighted by atomic mass is 10.0. The zero-order chi connectivity index (χ0) is 16.9. The van der Waals surface area contributed by atoms with Crippen LogP contribution in [0, 0.1) is 0 Å². The zero-order valence-corrected chi connectivity index (χ0v) is 15.5. The molecule has 2 nitrogen and oxygen atoms in total. The normalized spacial score (nSPS) is 16.5. The van der Waals surface area contributed by atoms with Gasteiger partial charge >= 0.3 is 0 Å². The minimum Gasteiger partial charge on any atom is -0.293 e. The Morgan fingerprint density at radius 1 is 1.08 bits per heavy atom. The lowest BCUT2D eigenvalue weighted by molar-refractivity contribution is -0.122. The topological polar surface area (TPSA) is 20.3 Å². The highest BCUT2D eigenvalue weighted by molar-refractivity contribution is 8.26. The summed E-state index contributed by atoms with van der Waals surface area (Å²) in [5, 5.41) is 2.34. The highest BCUT2D eigenvalue weighted by Gasteiger charge is 2.31. The molecule has 3 rings (SSSR count). The van der Waals surface area contributed by atoms with Gasteiger partial charge in [-0.3, -0.25) is 9.69 Å². The first-order valence-electron chi connectivity index (χ1n) is 8.44. The Labute approximate surface area is 152 Å². The molecule has 4 heteroatoms. The number of benzene rings is 2. The molecule has 1 amide bonds. The molecular formula is C20H21NOS2. The molecule has 0 bridgehead atoms. The predicted molar refractivity (Wildman–Crippen MR) is 108 cm³/mol. The largest absolute Gasteiger partial charge is 0.293 e. The highest BCUT2D eigenvalue weighted by Crippen LogP contribution is 2.34. The van der Waals surface area contributed by atoms with Gasteiger partial charge in [-0.25, -0.2) is 0 Å². The Kier molecular flexibility index (Phi) is 5.69. The molecule has 0 atom stereocenters. The molecular weight excluding hydrogens is 334 g/mol. The van der Waals surface area contributed by atoms with Gasteiger partial charge in [-0.1, -0.05) is 92.6 Å². The van der Waals surface area contributed by atoms with E-state index in [1.165, 1.54) is 30.0 Å². The number of amides is 1. The molecule has 1 aliphatic rings. The molecule has 2 aromatic carbocycles. The van der Waals surface area contributed by atoms with Crippen molar-refractivity contribution in [3.63, 3.8) is 0 Å². The lowest BCUT2D eigenvalue weighted by Crippen LogP contribution is -2.28. The van der Waals surface area contributed by atoms with E-state index in [0.29, 0.717) is 4.32 Å². The van der Waals surface area contributed by atoms with Crippen LogP contribution in [-0.2, 0) is 4.79 Å². The number of carbonyl (C=O) groups is 1. The number of rotatable bonds is 6. The van der Waals surface area contributed by atoms with E-state index in [1.807, 2.05) is 24.3 Å². The van der Waals surface area contributed by atoms with Gasteiger partial charge in [0, 0.05) is 6.54 Å². The first-order valence-corrected chi connectivity index (χ1v) is 9.66. The minimum atomic E-state index is 0.0504. The van der Waals surface area contributed by atoms with Crippen LogP contribution in [0.25, 0.3) is 16.8 Å². The van der Waals surface area contributed by atoms with Gasteiger partial charge < -0.3 is 0 Å². The number of unbranched alkanes of at least 4 members (excludes halogenated alkanes) is 3. The van der Waals surface area contributed by atoms with Gasteiger partial charge in [0.05, 0.1) is 4.91 Å². The Bertz CT molecular complexity index is 792. The summed E-state index contributed by atoms with van der Waals surface area (Å²) in [5.74, 6) is 0.0504. The second-order valence-electron chi connectivity index (χ2n) is 5.96. The van der Waals surface area contributed by atoms with Gasteiger partial charge in [-0.05, 0) is 28.8 Å². The van der Waals surface area contributed by atoms with Gasteiger partial charge in [-0.2, -0.15) is 0 Å². The van der Waals surface area contributed by atoms with E-state index in [1.54, 1.807) is 4.90 Å². The molecule has 0 spiro atoms. The number of fused-ring (bicyclic) bond motifs is 1. The van der Waals surface area contributed by atoms with Crippen LogP contribution in [0.1, 0.15) is 38.2 Å². The summed E-state index contributed by atoms with van der Waals surface area (Å²) in [6.07, 6.45) is 6.55. The van der Waals surface area contributed by atoms with Gasteiger partial charge in [0.2, 0.25) is 0 Å². The first-order chi connectivity index (χ1) is 11.7. The Morgan fingerprint density at radius 2 is 1.88 bits per heavy atom. The van der Waals surface area contributed by atoms with E-state index in [4.69, 9.17) is 12.2 Å². The first kappa shape index (κ1) is 17.2. The minimum absolute atomic E-state index is 0.0504. The highest BCUT2D eigenvalue weighted by atomic mass is 32.2. The van der Waals surface area contributed by atoms with E-state index in [-0.39, 0.29) is 5.91 Å². The SMILES string of the molecule is CCCCCCN1C(=O)C(=Cc2cccc3ccccc23)SC1=S. The van der Waals surface area contributed by atoms with Crippen LogP contribution in [0.5, 0.6) is 0 Å². The Morgan fingerprint density at radius 3 is 2.71 bits per heavy atom. The molecule has 0 unspecified atom stereocenters. The van der Waals surface area contributed by atoms with Crippen LogP contribution in [0.2, 0.25) is 0 Å². The monoisotopic (exact) mass is 355 g/mol. The quantitative estimate of drug-likeness (QED) is 0.381. The van der Waals surface area contributed by atoms with Crippen LogP contribution in [0.3, 0.4) is 0 Å². The van der Waals surface area contributed by atoms with Gasteiger partial charge in [0.15, 0.2) is 0 Å². The standard InChI is InChI=1S/C20H21NOS2/c1-2-3-4-7-13-21-19(22)18(24-20(21)23)14-16-11-8-10-15-9-5-6-12-17(15)16/h5-6,8-12,14H,2-4,7,13H2,1H3. The van der Waals surface area contributed by atoms with Gasteiger partial charge in [-0.15, -0.1) is 0 Å². The molecule has 0 aromatic heterocycles. The maximum atomic E-state index is 12.7. The Hall–Kier alpha value is -1.65. The van der Waals surface area contributed by atoms with Crippen molar-refractivity contribution in [3.8, 4) is 0 Å².